The molecule has 1 N–H and O–H groups in total. The second kappa shape index (κ2) is 6.89. The smallest absolute Gasteiger partial charge is 0.0996 e. The molecule has 5 heterocycles. The van der Waals surface area contributed by atoms with Crippen molar-refractivity contribution in [2.75, 3.05) is 31.1 Å². The van der Waals surface area contributed by atoms with Gasteiger partial charge in [-0.2, -0.15) is 0 Å². The molecular weight excluding hydrogens is 338 g/mol. The molecule has 4 aromatic rings. The largest absolute Gasteiger partial charge is 0.472 e. The second-order valence-electron chi connectivity index (χ2n) is 6.91. The van der Waals surface area contributed by atoms with Crippen LogP contribution < -0.4 is 4.90 Å². The summed E-state index contributed by atoms with van der Waals surface area (Å²) < 4.78 is 5.13. The molecule has 27 heavy (non-hydrogen) atoms. The Morgan fingerprint density at radius 1 is 1.04 bits per heavy atom. The zero-order valence-corrected chi connectivity index (χ0v) is 15.0. The molecule has 1 saturated heterocycles. The zero-order valence-electron chi connectivity index (χ0n) is 15.0. The number of anilines is 1. The Labute approximate surface area is 157 Å². The molecule has 0 aromatic carbocycles. The van der Waals surface area contributed by atoms with Crippen LogP contribution in [0.4, 0.5) is 5.69 Å². The highest BCUT2D eigenvalue weighted by Crippen LogP contribution is 2.22. The van der Waals surface area contributed by atoms with E-state index < -0.39 is 0 Å². The number of rotatable bonds is 4. The fraction of sp³-hybridized carbons (Fsp3) is 0.238. The summed E-state index contributed by atoms with van der Waals surface area (Å²) in [5.41, 5.74) is 6.50. The van der Waals surface area contributed by atoms with Crippen LogP contribution in [0.3, 0.4) is 0 Å². The van der Waals surface area contributed by atoms with Crippen LogP contribution in [-0.2, 0) is 6.54 Å². The van der Waals surface area contributed by atoms with E-state index in [0.29, 0.717) is 0 Å². The van der Waals surface area contributed by atoms with E-state index in [9.17, 15) is 0 Å². The molecule has 0 radical (unpaired) electrons. The Bertz CT molecular complexity index is 981. The molecule has 5 rings (SSSR count). The number of hydrogen-bond donors (Lipinski definition) is 1. The van der Waals surface area contributed by atoms with Gasteiger partial charge < -0.3 is 14.3 Å². The van der Waals surface area contributed by atoms with Crippen LogP contribution in [0.5, 0.6) is 0 Å². The van der Waals surface area contributed by atoms with Crippen molar-refractivity contribution in [1.29, 1.82) is 0 Å². The summed E-state index contributed by atoms with van der Waals surface area (Å²) in [6, 6.07) is 12.3. The Hall–Kier alpha value is -3.12. The van der Waals surface area contributed by atoms with E-state index in [4.69, 9.17) is 4.42 Å². The minimum atomic E-state index is 0.932. The normalized spacial score (nSPS) is 15.5. The van der Waals surface area contributed by atoms with Gasteiger partial charge >= 0.3 is 0 Å². The molecule has 0 aliphatic carbocycles. The highest BCUT2D eigenvalue weighted by molar-refractivity contribution is 5.75. The maximum absolute atomic E-state index is 5.13. The van der Waals surface area contributed by atoms with Gasteiger partial charge in [-0.15, -0.1) is 0 Å². The predicted molar refractivity (Wildman–Crippen MR) is 106 cm³/mol. The van der Waals surface area contributed by atoms with E-state index in [1.54, 1.807) is 12.5 Å². The molecule has 0 amide bonds. The molecule has 4 aromatic heterocycles. The predicted octanol–water partition coefficient (Wildman–Crippen LogP) is 3.54. The molecule has 6 nitrogen and oxygen atoms in total. The number of piperazine rings is 1. The van der Waals surface area contributed by atoms with Crippen molar-refractivity contribution < 1.29 is 4.42 Å². The first-order chi connectivity index (χ1) is 13.3. The summed E-state index contributed by atoms with van der Waals surface area (Å²) in [4.78, 5) is 17.3. The van der Waals surface area contributed by atoms with Crippen LogP contribution in [0.25, 0.3) is 22.3 Å². The maximum atomic E-state index is 5.13. The van der Waals surface area contributed by atoms with Gasteiger partial charge in [0, 0.05) is 50.2 Å². The molecule has 1 fully saturated rings. The number of aromatic amines is 1. The van der Waals surface area contributed by atoms with Crippen LogP contribution in [0, 0.1) is 0 Å². The molecule has 1 aliphatic heterocycles. The van der Waals surface area contributed by atoms with Gasteiger partial charge in [0.25, 0.3) is 0 Å². The summed E-state index contributed by atoms with van der Waals surface area (Å²) in [5.74, 6) is 0. The van der Waals surface area contributed by atoms with E-state index in [2.05, 4.69) is 49.0 Å². The van der Waals surface area contributed by atoms with Gasteiger partial charge in [-0.1, -0.05) is 0 Å². The van der Waals surface area contributed by atoms with Gasteiger partial charge in [-0.3, -0.25) is 14.9 Å². The first-order valence-corrected chi connectivity index (χ1v) is 9.24. The SMILES string of the molecule is c1cnc2cc(CN3CCN(c4ccc(-c5ccoc5)nc4)CC3)[nH]c2c1. The average Bonchev–Trinajstić information content (AvgIpc) is 3.38. The summed E-state index contributed by atoms with van der Waals surface area (Å²) in [6.45, 7) is 5.01. The number of fused-ring (bicyclic) bond motifs is 1. The number of hydrogen-bond acceptors (Lipinski definition) is 5. The van der Waals surface area contributed by atoms with Crippen molar-refractivity contribution in [2.45, 2.75) is 6.54 Å². The number of H-pyrrole nitrogens is 1. The fourth-order valence-corrected chi connectivity index (χ4v) is 3.66. The second-order valence-corrected chi connectivity index (χ2v) is 6.91. The minimum Gasteiger partial charge on any atom is -0.472 e. The Kier molecular flexibility index (Phi) is 4.10. The van der Waals surface area contributed by atoms with E-state index in [1.165, 1.54) is 11.4 Å². The van der Waals surface area contributed by atoms with Crippen molar-refractivity contribution >= 4 is 16.7 Å². The summed E-state index contributed by atoms with van der Waals surface area (Å²) in [7, 11) is 0. The van der Waals surface area contributed by atoms with Crippen LogP contribution in [-0.4, -0.2) is 46.0 Å². The van der Waals surface area contributed by atoms with Gasteiger partial charge in [0.2, 0.25) is 0 Å². The average molecular weight is 359 g/mol. The molecule has 0 bridgehead atoms. The lowest BCUT2D eigenvalue weighted by Gasteiger charge is -2.35. The number of pyridine rings is 2. The summed E-state index contributed by atoms with van der Waals surface area (Å²) in [5, 5.41) is 0. The topological polar surface area (TPSA) is 61.2 Å². The molecule has 0 atom stereocenters. The van der Waals surface area contributed by atoms with Crippen molar-refractivity contribution in [3.8, 4) is 11.3 Å². The third-order valence-corrected chi connectivity index (χ3v) is 5.14. The highest BCUT2D eigenvalue weighted by atomic mass is 16.3. The van der Waals surface area contributed by atoms with Crippen LogP contribution in [0.15, 0.2) is 65.7 Å². The van der Waals surface area contributed by atoms with Gasteiger partial charge in [0.1, 0.15) is 0 Å². The molecule has 6 heteroatoms. The van der Waals surface area contributed by atoms with E-state index in [1.807, 2.05) is 24.5 Å². The number of nitrogens with one attached hydrogen (secondary N) is 1. The first kappa shape index (κ1) is 16.1. The third-order valence-electron chi connectivity index (χ3n) is 5.14. The minimum absolute atomic E-state index is 0.932. The molecule has 0 unspecified atom stereocenters. The number of furan rings is 1. The lowest BCUT2D eigenvalue weighted by atomic mass is 10.2. The van der Waals surface area contributed by atoms with Crippen molar-refractivity contribution in [3.63, 3.8) is 0 Å². The fourth-order valence-electron chi connectivity index (χ4n) is 3.66. The third kappa shape index (κ3) is 3.31. The van der Waals surface area contributed by atoms with Crippen LogP contribution >= 0.6 is 0 Å². The van der Waals surface area contributed by atoms with E-state index in [-0.39, 0.29) is 0 Å². The van der Waals surface area contributed by atoms with Crippen molar-refractivity contribution in [2.24, 2.45) is 0 Å². The maximum Gasteiger partial charge on any atom is 0.0996 e. The molecule has 136 valence electrons. The lowest BCUT2D eigenvalue weighted by molar-refractivity contribution is 0.247. The summed E-state index contributed by atoms with van der Waals surface area (Å²) >= 11 is 0. The Morgan fingerprint density at radius 3 is 2.70 bits per heavy atom. The zero-order chi connectivity index (χ0) is 18.1. The van der Waals surface area contributed by atoms with Gasteiger partial charge in [-0.25, -0.2) is 0 Å². The van der Waals surface area contributed by atoms with E-state index >= 15 is 0 Å². The Morgan fingerprint density at radius 2 is 1.96 bits per heavy atom. The molecule has 1 aliphatic rings. The van der Waals surface area contributed by atoms with Crippen molar-refractivity contribution in [1.82, 2.24) is 19.9 Å². The first-order valence-electron chi connectivity index (χ1n) is 9.24. The molecular formula is C21H21N5O. The van der Waals surface area contributed by atoms with Gasteiger partial charge in [-0.05, 0) is 36.4 Å². The molecule has 0 saturated carbocycles. The van der Waals surface area contributed by atoms with Gasteiger partial charge in [0.05, 0.1) is 41.1 Å². The molecule has 0 spiro atoms. The number of nitrogens with zero attached hydrogens (tertiary/aromatic N) is 4. The number of aromatic nitrogens is 3. The van der Waals surface area contributed by atoms with Crippen molar-refractivity contribution in [3.05, 3.63) is 67.0 Å². The monoisotopic (exact) mass is 359 g/mol. The Balaban J connectivity index is 1.21. The quantitative estimate of drug-likeness (QED) is 0.604. The summed E-state index contributed by atoms with van der Waals surface area (Å²) in [6.07, 6.45) is 7.19. The standard InChI is InChI=1S/C21H21N5O/c1-2-20-21(22-6-1)12-17(24-20)14-25-7-9-26(10-8-25)18-3-4-19(23-13-18)16-5-11-27-15-16/h1-6,11-13,15,24H,7-10,14H2. The van der Waals surface area contributed by atoms with Crippen LogP contribution in [0.2, 0.25) is 0 Å². The lowest BCUT2D eigenvalue weighted by Crippen LogP contribution is -2.46. The highest BCUT2D eigenvalue weighted by Gasteiger charge is 2.18. The van der Waals surface area contributed by atoms with Crippen LogP contribution in [0.1, 0.15) is 5.69 Å². The van der Waals surface area contributed by atoms with Gasteiger partial charge in [0.15, 0.2) is 0 Å². The van der Waals surface area contributed by atoms with E-state index in [0.717, 1.165) is 55.0 Å².